The Labute approximate surface area is 198 Å². The summed E-state index contributed by atoms with van der Waals surface area (Å²) in [6, 6.07) is 20.0. The van der Waals surface area contributed by atoms with Crippen molar-refractivity contribution in [2.75, 3.05) is 0 Å². The van der Waals surface area contributed by atoms with Crippen molar-refractivity contribution >= 4 is 56.4 Å². The number of hydrogen-bond acceptors (Lipinski definition) is 3. The summed E-state index contributed by atoms with van der Waals surface area (Å²) in [7, 11) is 0. The van der Waals surface area contributed by atoms with Crippen molar-refractivity contribution in [2.45, 2.75) is 13.8 Å². The van der Waals surface area contributed by atoms with E-state index in [9.17, 15) is 4.79 Å². The summed E-state index contributed by atoms with van der Waals surface area (Å²) >= 11 is 4.85. The van der Waals surface area contributed by atoms with Crippen molar-refractivity contribution in [1.29, 1.82) is 5.41 Å². The molecule has 0 saturated heterocycles. The maximum Gasteiger partial charge on any atom is 0.283 e. The number of carbonyl (C=O) groups excluding carboxylic acids is 1. The quantitative estimate of drug-likeness (QED) is 0.436. The zero-order valence-electron chi connectivity index (χ0n) is 17.5. The maximum absolute atomic E-state index is 12.8. The highest BCUT2D eigenvalue weighted by molar-refractivity contribution is 9.10. The van der Waals surface area contributed by atoms with E-state index in [0.717, 1.165) is 38.4 Å². The molecular weight excluding hydrogens is 484 g/mol. The molecule has 0 unspecified atom stereocenters. The van der Waals surface area contributed by atoms with Gasteiger partial charge in [-0.2, -0.15) is 4.99 Å². The number of hydrogen-bond donors (Lipinski definition) is 1. The van der Waals surface area contributed by atoms with E-state index in [1.165, 1.54) is 11.8 Å². The molecule has 1 N–H and O–H groups in total. The molecule has 32 heavy (non-hydrogen) atoms. The topological polar surface area (TPSA) is 61.5 Å². The fourth-order valence-electron chi connectivity index (χ4n) is 3.99. The zero-order chi connectivity index (χ0) is 22.4. The van der Waals surface area contributed by atoms with Crippen molar-refractivity contribution in [3.05, 3.63) is 98.6 Å². The molecule has 158 valence electrons. The Balaban J connectivity index is 1.55. The van der Waals surface area contributed by atoms with E-state index in [1.54, 1.807) is 11.0 Å². The fourth-order valence-corrected chi connectivity index (χ4v) is 5.14. The maximum atomic E-state index is 12.8. The Morgan fingerprint density at radius 3 is 2.50 bits per heavy atom. The first kappa shape index (κ1) is 20.7. The van der Waals surface area contributed by atoms with Crippen molar-refractivity contribution in [3.8, 4) is 5.69 Å². The molecule has 0 radical (unpaired) electrons. The first-order valence-corrected chi connectivity index (χ1v) is 11.7. The molecule has 2 aromatic carbocycles. The molecule has 1 aromatic heterocycles. The summed E-state index contributed by atoms with van der Waals surface area (Å²) in [5.41, 5.74) is 6.13. The number of halogens is 1. The van der Waals surface area contributed by atoms with Gasteiger partial charge in [-0.3, -0.25) is 15.1 Å². The van der Waals surface area contributed by atoms with E-state index in [4.69, 9.17) is 5.41 Å². The molecule has 3 heterocycles. The lowest BCUT2D eigenvalue weighted by molar-refractivity contribution is -0.114. The van der Waals surface area contributed by atoms with Gasteiger partial charge in [-0.1, -0.05) is 58.0 Å². The highest BCUT2D eigenvalue weighted by Gasteiger charge is 2.36. The van der Waals surface area contributed by atoms with Crippen LogP contribution in [-0.2, 0) is 4.79 Å². The van der Waals surface area contributed by atoms with Crippen LogP contribution in [0.3, 0.4) is 0 Å². The third-order valence-electron chi connectivity index (χ3n) is 5.54. The van der Waals surface area contributed by atoms with Crippen LogP contribution >= 0.6 is 27.7 Å². The number of rotatable bonds is 3. The Morgan fingerprint density at radius 1 is 1.06 bits per heavy atom. The first-order chi connectivity index (χ1) is 15.4. The molecule has 2 aliphatic heterocycles. The lowest BCUT2D eigenvalue weighted by atomic mass is 10.1. The lowest BCUT2D eigenvalue weighted by Gasteiger charge is -2.26. The predicted molar refractivity (Wildman–Crippen MR) is 135 cm³/mol. The fraction of sp³-hybridized carbons (Fsp3) is 0.0800. The first-order valence-electron chi connectivity index (χ1n) is 10.0. The Kier molecular flexibility index (Phi) is 5.23. The van der Waals surface area contributed by atoms with Gasteiger partial charge < -0.3 is 4.57 Å². The number of benzene rings is 2. The zero-order valence-corrected chi connectivity index (χ0v) is 19.9. The number of amides is 1. The SMILES string of the molecule is Cc1cc(/C=C2/C(=N)N3C(c4ccccc4)=CSC3=NC2=O)c(C)n1-c1ccc(Br)cc1. The minimum atomic E-state index is -0.384. The van der Waals surface area contributed by atoms with E-state index < -0.39 is 0 Å². The van der Waals surface area contributed by atoms with Crippen LogP contribution in [0.4, 0.5) is 0 Å². The predicted octanol–water partition coefficient (Wildman–Crippen LogP) is 6.16. The van der Waals surface area contributed by atoms with Crippen LogP contribution in [0.15, 0.2) is 81.1 Å². The van der Waals surface area contributed by atoms with Gasteiger partial charge in [0.05, 0.1) is 11.3 Å². The molecule has 7 heteroatoms. The van der Waals surface area contributed by atoms with E-state index in [0.29, 0.717) is 5.17 Å². The summed E-state index contributed by atoms with van der Waals surface area (Å²) in [5, 5.41) is 11.3. The van der Waals surface area contributed by atoms with Crippen molar-refractivity contribution in [3.63, 3.8) is 0 Å². The molecule has 5 rings (SSSR count). The average molecular weight is 503 g/mol. The Hall–Kier alpha value is -3.16. The second-order valence-electron chi connectivity index (χ2n) is 7.57. The van der Waals surface area contributed by atoms with Gasteiger partial charge in [-0.25, -0.2) is 0 Å². The minimum absolute atomic E-state index is 0.147. The molecule has 2 aliphatic rings. The van der Waals surface area contributed by atoms with Gasteiger partial charge in [-0.15, -0.1) is 0 Å². The smallest absolute Gasteiger partial charge is 0.283 e. The molecule has 0 saturated carbocycles. The van der Waals surface area contributed by atoms with Crippen LogP contribution in [0.25, 0.3) is 17.5 Å². The van der Waals surface area contributed by atoms with E-state index in [-0.39, 0.29) is 17.3 Å². The van der Waals surface area contributed by atoms with Crippen LogP contribution in [0, 0.1) is 19.3 Å². The van der Waals surface area contributed by atoms with Crippen LogP contribution in [0.1, 0.15) is 22.5 Å². The Morgan fingerprint density at radius 2 is 1.78 bits per heavy atom. The highest BCUT2D eigenvalue weighted by Crippen LogP contribution is 2.37. The molecular formula is C25H19BrN4OS. The average Bonchev–Trinajstić information content (AvgIpc) is 3.33. The Bertz CT molecular complexity index is 1350. The van der Waals surface area contributed by atoms with E-state index in [1.807, 2.05) is 79.9 Å². The van der Waals surface area contributed by atoms with E-state index in [2.05, 4.69) is 25.5 Å². The molecule has 0 atom stereocenters. The highest BCUT2D eigenvalue weighted by atomic mass is 79.9. The number of nitrogens with one attached hydrogen (secondary N) is 1. The van der Waals surface area contributed by atoms with Gasteiger partial charge in [0.25, 0.3) is 5.91 Å². The summed E-state index contributed by atoms with van der Waals surface area (Å²) in [6.07, 6.45) is 1.79. The number of thioether (sulfide) groups is 1. The normalized spacial score (nSPS) is 17.0. The molecule has 0 spiro atoms. The number of aromatic nitrogens is 1. The van der Waals surface area contributed by atoms with Crippen LogP contribution in [0.5, 0.6) is 0 Å². The summed E-state index contributed by atoms with van der Waals surface area (Å²) in [5.74, 6) is -0.238. The minimum Gasteiger partial charge on any atom is -0.318 e. The van der Waals surface area contributed by atoms with Gasteiger partial charge in [0, 0.05) is 27.0 Å². The third-order valence-corrected chi connectivity index (χ3v) is 6.89. The molecule has 5 nitrogen and oxygen atoms in total. The summed E-state index contributed by atoms with van der Waals surface area (Å²) in [4.78, 5) is 18.9. The van der Waals surface area contributed by atoms with Crippen LogP contribution < -0.4 is 0 Å². The number of nitrogens with zero attached hydrogens (tertiary/aromatic N) is 3. The van der Waals surface area contributed by atoms with E-state index >= 15 is 0 Å². The number of fused-ring (bicyclic) bond motifs is 1. The van der Waals surface area contributed by atoms with Gasteiger partial charge in [0.2, 0.25) is 0 Å². The second-order valence-corrected chi connectivity index (χ2v) is 9.32. The van der Waals surface area contributed by atoms with Gasteiger partial charge in [-0.05, 0) is 61.4 Å². The lowest BCUT2D eigenvalue weighted by Crippen LogP contribution is -2.38. The second kappa shape index (κ2) is 8.07. The monoisotopic (exact) mass is 502 g/mol. The molecule has 0 bridgehead atoms. The molecule has 0 aliphatic carbocycles. The van der Waals surface area contributed by atoms with Crippen molar-refractivity contribution < 1.29 is 4.79 Å². The van der Waals surface area contributed by atoms with Gasteiger partial charge >= 0.3 is 0 Å². The third kappa shape index (κ3) is 3.47. The van der Waals surface area contributed by atoms with Crippen LogP contribution in [-0.4, -0.2) is 26.4 Å². The largest absolute Gasteiger partial charge is 0.318 e. The number of aliphatic imine (C=N–C) groups is 1. The van der Waals surface area contributed by atoms with Gasteiger partial charge in [0.15, 0.2) is 5.17 Å². The summed E-state index contributed by atoms with van der Waals surface area (Å²) in [6.45, 7) is 4.06. The molecule has 1 amide bonds. The van der Waals surface area contributed by atoms with Crippen LogP contribution in [0.2, 0.25) is 0 Å². The number of amidine groups is 2. The molecule has 0 fully saturated rings. The number of aryl methyl sites for hydroxylation is 1. The molecule has 3 aromatic rings. The number of carbonyl (C=O) groups is 1. The van der Waals surface area contributed by atoms with Gasteiger partial charge in [0.1, 0.15) is 5.84 Å². The summed E-state index contributed by atoms with van der Waals surface area (Å²) < 4.78 is 3.16. The standard InChI is InChI=1S/C25H19BrN4OS/c1-15-12-18(16(2)29(15)20-10-8-19(26)9-11-20)13-21-23(27)30-22(17-6-4-3-5-7-17)14-32-25(30)28-24(21)31/h3-14,27H,1-2H3/b21-13-,27-23?. The van der Waals surface area contributed by atoms with Crippen molar-refractivity contribution in [2.24, 2.45) is 4.99 Å². The van der Waals surface area contributed by atoms with Crippen molar-refractivity contribution in [1.82, 2.24) is 9.47 Å².